The van der Waals surface area contributed by atoms with E-state index in [1.54, 1.807) is 0 Å². The van der Waals surface area contributed by atoms with E-state index in [0.29, 0.717) is 11.3 Å². The summed E-state index contributed by atoms with van der Waals surface area (Å²) in [6, 6.07) is 11.6. The largest absolute Gasteiger partial charge is 0.489 e. The summed E-state index contributed by atoms with van der Waals surface area (Å²) >= 11 is 0. The number of rotatable bonds is 3. The van der Waals surface area contributed by atoms with E-state index >= 15 is 0 Å². The molecule has 0 unspecified atom stereocenters. The molecule has 2 aromatic rings. The van der Waals surface area contributed by atoms with Crippen molar-refractivity contribution in [1.29, 1.82) is 5.26 Å². The highest BCUT2D eigenvalue weighted by molar-refractivity contribution is 5.46. The fourth-order valence-corrected chi connectivity index (χ4v) is 1.77. The zero-order valence-electron chi connectivity index (χ0n) is 10.8. The van der Waals surface area contributed by atoms with E-state index in [1.165, 1.54) is 36.4 Å². The first-order chi connectivity index (χ1) is 9.90. The summed E-state index contributed by atoms with van der Waals surface area (Å²) in [7, 11) is 0. The van der Waals surface area contributed by atoms with E-state index in [0.717, 1.165) is 6.07 Å². The Morgan fingerprint density at radius 2 is 1.76 bits per heavy atom. The van der Waals surface area contributed by atoms with E-state index < -0.39 is 11.7 Å². The molecule has 0 saturated heterocycles. The van der Waals surface area contributed by atoms with Crippen LogP contribution in [0.4, 0.5) is 18.9 Å². The fraction of sp³-hybridized carbons (Fsp3) is 0.133. The smallest absolute Gasteiger partial charge is 0.416 e. The van der Waals surface area contributed by atoms with Crippen LogP contribution >= 0.6 is 0 Å². The van der Waals surface area contributed by atoms with Crippen LogP contribution in [0, 0.1) is 11.3 Å². The van der Waals surface area contributed by atoms with Crippen LogP contribution in [0.1, 0.15) is 16.7 Å². The number of alkyl halides is 3. The molecule has 0 amide bonds. The second kappa shape index (κ2) is 5.75. The van der Waals surface area contributed by atoms with Crippen LogP contribution in [0.5, 0.6) is 5.75 Å². The van der Waals surface area contributed by atoms with Gasteiger partial charge in [0, 0.05) is 11.3 Å². The molecule has 0 atom stereocenters. The van der Waals surface area contributed by atoms with Gasteiger partial charge in [0.15, 0.2) is 0 Å². The third-order valence-corrected chi connectivity index (χ3v) is 2.82. The van der Waals surface area contributed by atoms with Gasteiger partial charge in [-0.1, -0.05) is 6.07 Å². The lowest BCUT2D eigenvalue weighted by Gasteiger charge is -2.14. The second-order valence-electron chi connectivity index (χ2n) is 4.34. The van der Waals surface area contributed by atoms with Gasteiger partial charge in [0.2, 0.25) is 0 Å². The predicted molar refractivity (Wildman–Crippen MR) is 71.3 cm³/mol. The normalized spacial score (nSPS) is 11.0. The third-order valence-electron chi connectivity index (χ3n) is 2.82. The highest BCUT2D eigenvalue weighted by Gasteiger charge is 2.33. The van der Waals surface area contributed by atoms with E-state index in [4.69, 9.17) is 15.7 Å². The van der Waals surface area contributed by atoms with E-state index in [2.05, 4.69) is 0 Å². The Morgan fingerprint density at radius 3 is 2.33 bits per heavy atom. The van der Waals surface area contributed by atoms with Crippen molar-refractivity contribution in [3.8, 4) is 11.8 Å². The lowest BCUT2D eigenvalue weighted by Crippen LogP contribution is -2.11. The van der Waals surface area contributed by atoms with Crippen molar-refractivity contribution < 1.29 is 17.9 Å². The van der Waals surface area contributed by atoms with Crippen molar-refractivity contribution in [3.63, 3.8) is 0 Å². The summed E-state index contributed by atoms with van der Waals surface area (Å²) in [6.07, 6.45) is -4.49. The molecule has 0 radical (unpaired) electrons. The maximum absolute atomic E-state index is 12.9. The molecule has 0 aliphatic heterocycles. The topological polar surface area (TPSA) is 59.0 Å². The summed E-state index contributed by atoms with van der Waals surface area (Å²) < 4.78 is 44.0. The summed E-state index contributed by atoms with van der Waals surface area (Å²) in [5.74, 6) is 0.388. The first-order valence-electron chi connectivity index (χ1n) is 5.98. The highest BCUT2D eigenvalue weighted by Crippen LogP contribution is 2.33. The molecule has 0 aliphatic carbocycles. The van der Waals surface area contributed by atoms with Gasteiger partial charge in [-0.25, -0.2) is 0 Å². The zero-order chi connectivity index (χ0) is 15.5. The molecular formula is C15H11F3N2O. The van der Waals surface area contributed by atoms with Crippen molar-refractivity contribution in [3.05, 3.63) is 59.2 Å². The Morgan fingerprint density at radius 1 is 1.10 bits per heavy atom. The molecule has 0 saturated carbocycles. The molecule has 2 N–H and O–H groups in total. The van der Waals surface area contributed by atoms with Gasteiger partial charge in [0.05, 0.1) is 17.2 Å². The number of halogens is 3. The number of nitriles is 1. The van der Waals surface area contributed by atoms with Gasteiger partial charge in [-0.2, -0.15) is 18.4 Å². The van der Waals surface area contributed by atoms with Gasteiger partial charge in [-0.3, -0.25) is 0 Å². The number of benzene rings is 2. The summed E-state index contributed by atoms with van der Waals surface area (Å²) in [5.41, 5.74) is 5.08. The summed E-state index contributed by atoms with van der Waals surface area (Å²) in [4.78, 5) is 0. The maximum atomic E-state index is 12.9. The number of hydrogen-bond donors (Lipinski definition) is 1. The van der Waals surface area contributed by atoms with Crippen LogP contribution in [0.3, 0.4) is 0 Å². The SMILES string of the molecule is N#Cc1ccc(OCc2ccc(N)cc2C(F)(F)F)cc1. The molecule has 0 spiro atoms. The summed E-state index contributed by atoms with van der Waals surface area (Å²) in [6.45, 7) is -0.235. The number of anilines is 1. The van der Waals surface area contributed by atoms with Crippen molar-refractivity contribution in [2.75, 3.05) is 5.73 Å². The van der Waals surface area contributed by atoms with Crippen LogP contribution in [-0.2, 0) is 12.8 Å². The molecule has 6 heteroatoms. The Hall–Kier alpha value is -2.68. The van der Waals surface area contributed by atoms with Crippen molar-refractivity contribution in [1.82, 2.24) is 0 Å². The van der Waals surface area contributed by atoms with Gasteiger partial charge < -0.3 is 10.5 Å². The van der Waals surface area contributed by atoms with Crippen LogP contribution in [0.25, 0.3) is 0 Å². The monoisotopic (exact) mass is 292 g/mol. The molecule has 0 bridgehead atoms. The molecular weight excluding hydrogens is 281 g/mol. The standard InChI is InChI=1S/C15H11F3N2O/c16-15(17,18)14-7-12(20)4-3-11(14)9-21-13-5-1-10(8-19)2-6-13/h1-7H,9,20H2. The van der Waals surface area contributed by atoms with Crippen LogP contribution in [0.2, 0.25) is 0 Å². The molecule has 0 aliphatic rings. The van der Waals surface area contributed by atoms with Gasteiger partial charge in [-0.05, 0) is 36.4 Å². The second-order valence-corrected chi connectivity index (χ2v) is 4.34. The van der Waals surface area contributed by atoms with Crippen LogP contribution in [0.15, 0.2) is 42.5 Å². The number of nitrogens with two attached hydrogens (primary N) is 1. The number of nitrogen functional groups attached to an aromatic ring is 1. The Labute approximate surface area is 119 Å². The third kappa shape index (κ3) is 3.66. The molecule has 2 aromatic carbocycles. The minimum Gasteiger partial charge on any atom is -0.489 e. The van der Waals surface area contributed by atoms with Crippen molar-refractivity contribution >= 4 is 5.69 Å². The number of ether oxygens (including phenoxy) is 1. The van der Waals surface area contributed by atoms with Crippen molar-refractivity contribution in [2.24, 2.45) is 0 Å². The minimum absolute atomic E-state index is 0.000981. The van der Waals surface area contributed by atoms with E-state index in [1.807, 2.05) is 6.07 Å². The fourth-order valence-electron chi connectivity index (χ4n) is 1.77. The van der Waals surface area contributed by atoms with Crippen LogP contribution < -0.4 is 10.5 Å². The van der Waals surface area contributed by atoms with E-state index in [9.17, 15) is 13.2 Å². The lowest BCUT2D eigenvalue weighted by molar-refractivity contribution is -0.138. The van der Waals surface area contributed by atoms with Gasteiger partial charge in [0.1, 0.15) is 12.4 Å². The first-order valence-corrected chi connectivity index (χ1v) is 5.98. The number of hydrogen-bond acceptors (Lipinski definition) is 3. The first kappa shape index (κ1) is 14.7. The lowest BCUT2D eigenvalue weighted by atomic mass is 10.1. The zero-order valence-corrected chi connectivity index (χ0v) is 10.8. The van der Waals surface area contributed by atoms with Crippen molar-refractivity contribution in [2.45, 2.75) is 12.8 Å². The molecule has 0 aromatic heterocycles. The Balaban J connectivity index is 2.18. The molecule has 0 fully saturated rings. The average Bonchev–Trinajstić information content (AvgIpc) is 2.45. The molecule has 21 heavy (non-hydrogen) atoms. The predicted octanol–water partition coefficient (Wildman–Crippen LogP) is 3.74. The highest BCUT2D eigenvalue weighted by atomic mass is 19.4. The average molecular weight is 292 g/mol. The Kier molecular flexibility index (Phi) is 4.03. The molecule has 0 heterocycles. The molecule has 3 nitrogen and oxygen atoms in total. The molecule has 2 rings (SSSR count). The maximum Gasteiger partial charge on any atom is 0.416 e. The quantitative estimate of drug-likeness (QED) is 0.877. The van der Waals surface area contributed by atoms with Gasteiger partial charge in [-0.15, -0.1) is 0 Å². The van der Waals surface area contributed by atoms with Gasteiger partial charge >= 0.3 is 6.18 Å². The van der Waals surface area contributed by atoms with E-state index in [-0.39, 0.29) is 17.9 Å². The Bertz CT molecular complexity index is 673. The summed E-state index contributed by atoms with van der Waals surface area (Å²) in [5, 5.41) is 8.66. The van der Waals surface area contributed by atoms with Crippen LogP contribution in [-0.4, -0.2) is 0 Å². The number of nitrogens with zero attached hydrogens (tertiary/aromatic N) is 1. The van der Waals surface area contributed by atoms with Gasteiger partial charge in [0.25, 0.3) is 0 Å². The molecule has 108 valence electrons. The minimum atomic E-state index is -4.49.